The van der Waals surface area contributed by atoms with Gasteiger partial charge in [0, 0.05) is 19.5 Å². The Hall–Kier alpha value is -1.06. The van der Waals surface area contributed by atoms with Gasteiger partial charge in [-0.1, -0.05) is 46.0 Å². The summed E-state index contributed by atoms with van der Waals surface area (Å²) in [5, 5.41) is 9.13. The first-order chi connectivity index (χ1) is 9.49. The number of hydrogen-bond donors (Lipinski definition) is 1. The maximum absolute atomic E-state index is 12.3. The molecule has 1 saturated carbocycles. The maximum Gasteiger partial charge on any atom is 0.308 e. The highest BCUT2D eigenvalue weighted by Crippen LogP contribution is 2.32. The SMILES string of the molecule is CC(CC(=O)N1C[C@@H](C)[C@H](C(=O)O)C1)C1CCCCC1. The predicted molar refractivity (Wildman–Crippen MR) is 77.2 cm³/mol. The van der Waals surface area contributed by atoms with E-state index in [1.54, 1.807) is 4.90 Å². The molecule has 4 nitrogen and oxygen atoms in total. The van der Waals surface area contributed by atoms with E-state index in [1.165, 1.54) is 32.1 Å². The van der Waals surface area contributed by atoms with E-state index < -0.39 is 5.97 Å². The average molecular weight is 281 g/mol. The van der Waals surface area contributed by atoms with Crippen molar-refractivity contribution in [2.24, 2.45) is 23.7 Å². The molecule has 1 aliphatic carbocycles. The number of hydrogen-bond acceptors (Lipinski definition) is 2. The molecular formula is C16H27NO3. The summed E-state index contributed by atoms with van der Waals surface area (Å²) < 4.78 is 0. The molecule has 0 spiro atoms. The van der Waals surface area contributed by atoms with Crippen molar-refractivity contribution in [1.29, 1.82) is 0 Å². The Kier molecular flexibility index (Phi) is 5.06. The van der Waals surface area contributed by atoms with Crippen molar-refractivity contribution in [2.45, 2.75) is 52.4 Å². The zero-order chi connectivity index (χ0) is 14.7. The molecule has 0 aromatic heterocycles. The number of likely N-dealkylation sites (tertiary alicyclic amines) is 1. The van der Waals surface area contributed by atoms with Crippen LogP contribution in [0.3, 0.4) is 0 Å². The van der Waals surface area contributed by atoms with Gasteiger partial charge in [-0.25, -0.2) is 0 Å². The molecule has 3 atom stereocenters. The lowest BCUT2D eigenvalue weighted by molar-refractivity contribution is -0.142. The first kappa shape index (κ1) is 15.3. The fourth-order valence-corrected chi connectivity index (χ4v) is 3.77. The Morgan fingerprint density at radius 2 is 1.85 bits per heavy atom. The second kappa shape index (κ2) is 6.59. The minimum absolute atomic E-state index is 0.0708. The molecule has 2 rings (SSSR count). The summed E-state index contributed by atoms with van der Waals surface area (Å²) in [6.45, 7) is 5.11. The Balaban J connectivity index is 1.84. The van der Waals surface area contributed by atoms with Crippen molar-refractivity contribution < 1.29 is 14.7 Å². The molecule has 1 aliphatic heterocycles. The quantitative estimate of drug-likeness (QED) is 0.862. The first-order valence-electron chi connectivity index (χ1n) is 7.99. The average Bonchev–Trinajstić information content (AvgIpc) is 2.82. The van der Waals surface area contributed by atoms with Crippen molar-refractivity contribution >= 4 is 11.9 Å². The van der Waals surface area contributed by atoms with Crippen LogP contribution in [0.2, 0.25) is 0 Å². The van der Waals surface area contributed by atoms with E-state index in [9.17, 15) is 9.59 Å². The Morgan fingerprint density at radius 3 is 2.40 bits per heavy atom. The van der Waals surface area contributed by atoms with E-state index in [0.717, 1.165) is 0 Å². The topological polar surface area (TPSA) is 57.6 Å². The number of rotatable bonds is 4. The van der Waals surface area contributed by atoms with E-state index in [1.807, 2.05) is 6.92 Å². The normalized spacial score (nSPS) is 29.4. The van der Waals surface area contributed by atoms with Crippen molar-refractivity contribution in [1.82, 2.24) is 4.90 Å². The molecule has 2 aliphatic rings. The Bertz CT molecular complexity index is 363. The van der Waals surface area contributed by atoms with Crippen LogP contribution in [-0.4, -0.2) is 35.0 Å². The zero-order valence-electron chi connectivity index (χ0n) is 12.7. The van der Waals surface area contributed by atoms with Crippen LogP contribution in [0.4, 0.5) is 0 Å². The van der Waals surface area contributed by atoms with Crippen LogP contribution >= 0.6 is 0 Å². The van der Waals surface area contributed by atoms with Crippen LogP contribution in [0.15, 0.2) is 0 Å². The second-order valence-electron chi connectivity index (χ2n) is 6.80. The highest BCUT2D eigenvalue weighted by atomic mass is 16.4. The number of carbonyl (C=O) groups excluding carboxylic acids is 1. The summed E-state index contributed by atoms with van der Waals surface area (Å²) in [6, 6.07) is 0. The van der Waals surface area contributed by atoms with Gasteiger partial charge in [-0.15, -0.1) is 0 Å². The summed E-state index contributed by atoms with van der Waals surface area (Å²) >= 11 is 0. The zero-order valence-corrected chi connectivity index (χ0v) is 12.7. The molecule has 1 amide bonds. The summed E-state index contributed by atoms with van der Waals surface area (Å²) in [4.78, 5) is 25.2. The first-order valence-corrected chi connectivity index (χ1v) is 7.99. The van der Waals surface area contributed by atoms with Gasteiger partial charge in [0.2, 0.25) is 5.91 Å². The molecule has 4 heteroatoms. The molecule has 1 unspecified atom stereocenters. The van der Waals surface area contributed by atoms with Crippen LogP contribution in [0, 0.1) is 23.7 Å². The lowest BCUT2D eigenvalue weighted by Crippen LogP contribution is -2.32. The molecular weight excluding hydrogens is 254 g/mol. The molecule has 0 aromatic rings. The van der Waals surface area contributed by atoms with Crippen molar-refractivity contribution in [3.05, 3.63) is 0 Å². The molecule has 2 fully saturated rings. The minimum Gasteiger partial charge on any atom is -0.481 e. The minimum atomic E-state index is -0.770. The highest BCUT2D eigenvalue weighted by Gasteiger charge is 2.37. The van der Waals surface area contributed by atoms with E-state index in [-0.39, 0.29) is 17.7 Å². The lowest BCUT2D eigenvalue weighted by atomic mass is 9.79. The Morgan fingerprint density at radius 1 is 1.20 bits per heavy atom. The number of carbonyl (C=O) groups is 2. The van der Waals surface area contributed by atoms with E-state index >= 15 is 0 Å². The third kappa shape index (κ3) is 3.53. The number of amides is 1. The number of aliphatic carboxylic acids is 1. The Labute approximate surface area is 121 Å². The van der Waals surface area contributed by atoms with E-state index in [2.05, 4.69) is 6.92 Å². The predicted octanol–water partition coefficient (Wildman–Crippen LogP) is 2.77. The monoisotopic (exact) mass is 281 g/mol. The van der Waals surface area contributed by atoms with Gasteiger partial charge < -0.3 is 10.0 Å². The van der Waals surface area contributed by atoms with Crippen LogP contribution in [0.25, 0.3) is 0 Å². The fourth-order valence-electron chi connectivity index (χ4n) is 3.77. The van der Waals surface area contributed by atoms with Crippen molar-refractivity contribution in [3.8, 4) is 0 Å². The van der Waals surface area contributed by atoms with Crippen LogP contribution in [0.5, 0.6) is 0 Å². The highest BCUT2D eigenvalue weighted by molar-refractivity contribution is 5.79. The summed E-state index contributed by atoms with van der Waals surface area (Å²) in [6.07, 6.45) is 7.02. The third-order valence-corrected chi connectivity index (χ3v) is 5.23. The lowest BCUT2D eigenvalue weighted by Gasteiger charge is -2.28. The largest absolute Gasteiger partial charge is 0.481 e. The fraction of sp³-hybridized carbons (Fsp3) is 0.875. The third-order valence-electron chi connectivity index (χ3n) is 5.23. The summed E-state index contributed by atoms with van der Waals surface area (Å²) in [5.74, 6) is 0.183. The molecule has 1 saturated heterocycles. The van der Waals surface area contributed by atoms with Crippen LogP contribution in [0.1, 0.15) is 52.4 Å². The summed E-state index contributed by atoms with van der Waals surface area (Å²) in [7, 11) is 0. The molecule has 20 heavy (non-hydrogen) atoms. The van der Waals surface area contributed by atoms with Gasteiger partial charge in [-0.05, 0) is 17.8 Å². The van der Waals surface area contributed by atoms with Gasteiger partial charge in [0.15, 0.2) is 0 Å². The molecule has 1 heterocycles. The van der Waals surface area contributed by atoms with E-state index in [4.69, 9.17) is 5.11 Å². The van der Waals surface area contributed by atoms with Gasteiger partial charge >= 0.3 is 5.97 Å². The molecule has 0 aromatic carbocycles. The van der Waals surface area contributed by atoms with Gasteiger partial charge in [0.05, 0.1) is 5.92 Å². The van der Waals surface area contributed by atoms with Gasteiger partial charge in [0.1, 0.15) is 0 Å². The van der Waals surface area contributed by atoms with E-state index in [0.29, 0.717) is 31.3 Å². The summed E-state index contributed by atoms with van der Waals surface area (Å²) in [5.41, 5.74) is 0. The van der Waals surface area contributed by atoms with Gasteiger partial charge in [-0.2, -0.15) is 0 Å². The van der Waals surface area contributed by atoms with Gasteiger partial charge in [0.25, 0.3) is 0 Å². The van der Waals surface area contributed by atoms with Gasteiger partial charge in [-0.3, -0.25) is 9.59 Å². The second-order valence-corrected chi connectivity index (χ2v) is 6.80. The molecule has 0 bridgehead atoms. The van der Waals surface area contributed by atoms with Crippen LogP contribution < -0.4 is 0 Å². The molecule has 1 N–H and O–H groups in total. The number of carboxylic acid groups (broad SMARTS) is 1. The number of nitrogens with zero attached hydrogens (tertiary/aromatic N) is 1. The standard InChI is InChI=1S/C16H27NO3/c1-11(13-6-4-3-5-7-13)8-15(18)17-9-12(2)14(10-17)16(19)20/h11-14H,3-10H2,1-2H3,(H,19,20)/t11?,12-,14-/m1/s1. The maximum atomic E-state index is 12.3. The molecule has 0 radical (unpaired) electrons. The molecule has 114 valence electrons. The number of carboxylic acids is 1. The van der Waals surface area contributed by atoms with Crippen molar-refractivity contribution in [2.75, 3.05) is 13.1 Å². The van der Waals surface area contributed by atoms with Crippen LogP contribution in [-0.2, 0) is 9.59 Å². The smallest absolute Gasteiger partial charge is 0.308 e. The van der Waals surface area contributed by atoms with Crippen molar-refractivity contribution in [3.63, 3.8) is 0 Å².